The third-order valence-electron chi connectivity index (χ3n) is 4.33. The zero-order valence-corrected chi connectivity index (χ0v) is 17.8. The molecule has 0 unspecified atom stereocenters. The summed E-state index contributed by atoms with van der Waals surface area (Å²) in [7, 11) is 3.38. The number of carbonyl (C=O) groups excluding carboxylic acids is 2. The number of anilines is 1. The van der Waals surface area contributed by atoms with Crippen LogP contribution < -0.4 is 4.90 Å². The first-order valence-corrected chi connectivity index (χ1v) is 10.6. The molecule has 0 aromatic heterocycles. The molecule has 2 aliphatic rings. The molecule has 1 saturated heterocycles. The molecule has 8 heteroatoms. The predicted octanol–water partition coefficient (Wildman–Crippen LogP) is 4.16. The Morgan fingerprint density at radius 2 is 2.00 bits per heavy atom. The number of allylic oxidation sites excluding steroid dienone is 2. The van der Waals surface area contributed by atoms with Crippen LogP contribution in [0.5, 0.6) is 0 Å². The Balaban J connectivity index is 1.98. The fourth-order valence-corrected chi connectivity index (χ4v) is 5.48. The number of ether oxygens (including phenoxy) is 1. The van der Waals surface area contributed by atoms with E-state index >= 15 is 0 Å². The van der Waals surface area contributed by atoms with Gasteiger partial charge in [-0.2, -0.15) is 0 Å². The minimum atomic E-state index is -0.272. The molecule has 5 nitrogen and oxygen atoms in total. The van der Waals surface area contributed by atoms with Gasteiger partial charge in [-0.25, -0.2) is 0 Å². The van der Waals surface area contributed by atoms with E-state index in [-0.39, 0.29) is 18.3 Å². The van der Waals surface area contributed by atoms with Gasteiger partial charge in [-0.3, -0.25) is 14.5 Å². The van der Waals surface area contributed by atoms with Gasteiger partial charge < -0.3 is 9.64 Å². The molecule has 1 amide bonds. The number of fused-ring (bicyclic) bond motifs is 1. The number of thiocarbonyl (C=S) groups is 1. The molecular formula is C19H20N2O3S3. The second kappa shape index (κ2) is 8.50. The number of hydrogen-bond acceptors (Lipinski definition) is 7. The number of benzene rings is 1. The van der Waals surface area contributed by atoms with E-state index in [9.17, 15) is 9.59 Å². The fraction of sp³-hybridized carbons (Fsp3) is 0.316. The quantitative estimate of drug-likeness (QED) is 0.403. The molecule has 27 heavy (non-hydrogen) atoms. The largest absolute Gasteiger partial charge is 0.469 e. The number of hydrogen-bond donors (Lipinski definition) is 0. The molecule has 1 aromatic rings. The van der Waals surface area contributed by atoms with Crippen molar-refractivity contribution in [1.29, 1.82) is 0 Å². The summed E-state index contributed by atoms with van der Waals surface area (Å²) in [4.78, 5) is 29.7. The summed E-state index contributed by atoms with van der Waals surface area (Å²) >= 11 is 8.26. The Morgan fingerprint density at radius 3 is 2.63 bits per heavy atom. The van der Waals surface area contributed by atoms with Crippen LogP contribution in [-0.2, 0) is 14.3 Å². The van der Waals surface area contributed by atoms with Crippen LogP contribution in [0.3, 0.4) is 0 Å². The highest BCUT2D eigenvalue weighted by Gasteiger charge is 2.32. The van der Waals surface area contributed by atoms with Crippen LogP contribution in [0, 0.1) is 0 Å². The molecular weight excluding hydrogens is 400 g/mol. The lowest BCUT2D eigenvalue weighted by Crippen LogP contribution is -2.27. The summed E-state index contributed by atoms with van der Waals surface area (Å²) in [5.74, 6) is -0.349. The minimum Gasteiger partial charge on any atom is -0.469 e. The maximum atomic E-state index is 12.6. The molecule has 0 aliphatic carbocycles. The van der Waals surface area contributed by atoms with Gasteiger partial charge in [-0.15, -0.1) is 0 Å². The van der Waals surface area contributed by atoms with Crippen LogP contribution in [0.1, 0.15) is 19.8 Å². The van der Waals surface area contributed by atoms with E-state index in [0.717, 1.165) is 21.2 Å². The van der Waals surface area contributed by atoms with Crippen molar-refractivity contribution >= 4 is 57.6 Å². The lowest BCUT2D eigenvalue weighted by atomic mass is 10.1. The highest BCUT2D eigenvalue weighted by atomic mass is 32.2. The van der Waals surface area contributed by atoms with E-state index < -0.39 is 0 Å². The zero-order valence-electron chi connectivity index (χ0n) is 15.4. The number of nitrogens with zero attached hydrogens (tertiary/aromatic N) is 2. The Labute approximate surface area is 172 Å². The molecule has 0 saturated carbocycles. The molecule has 0 radical (unpaired) electrons. The summed E-state index contributed by atoms with van der Waals surface area (Å²) in [6.07, 6.45) is 2.62. The monoisotopic (exact) mass is 420 g/mol. The van der Waals surface area contributed by atoms with E-state index in [1.807, 2.05) is 32.2 Å². The highest BCUT2D eigenvalue weighted by Crippen LogP contribution is 2.47. The standard InChI is InChI=1S/C19H20N2O3S3/c1-4-21-17(23)15(27-19(21)25)11-12(9-10-16(22)24-3)18-20(2)13-7-5-6-8-14(13)26-18/h5-8,11H,4,9-10H2,1-3H3/b15-11+,18-12-. The molecule has 0 atom stereocenters. The highest BCUT2D eigenvalue weighted by molar-refractivity contribution is 8.26. The number of thioether (sulfide) groups is 2. The molecule has 2 heterocycles. The van der Waals surface area contributed by atoms with E-state index in [4.69, 9.17) is 17.0 Å². The van der Waals surface area contributed by atoms with Crippen LogP contribution in [-0.4, -0.2) is 41.8 Å². The molecule has 1 aromatic carbocycles. The van der Waals surface area contributed by atoms with Gasteiger partial charge in [-0.1, -0.05) is 47.9 Å². The first-order chi connectivity index (χ1) is 13.0. The molecule has 142 valence electrons. The summed E-state index contributed by atoms with van der Waals surface area (Å²) in [5, 5.41) is 1.02. The lowest BCUT2D eigenvalue weighted by Gasteiger charge is -2.17. The maximum Gasteiger partial charge on any atom is 0.305 e. The second-order valence-corrected chi connectivity index (χ2v) is 8.67. The maximum absolute atomic E-state index is 12.6. The van der Waals surface area contributed by atoms with Gasteiger partial charge in [0.25, 0.3) is 5.91 Å². The van der Waals surface area contributed by atoms with Gasteiger partial charge in [-0.05, 0) is 37.1 Å². The molecule has 0 bridgehead atoms. The Hall–Kier alpha value is -1.77. The van der Waals surface area contributed by atoms with Crippen molar-refractivity contribution in [2.45, 2.75) is 24.7 Å². The van der Waals surface area contributed by atoms with Crippen LogP contribution in [0.4, 0.5) is 5.69 Å². The van der Waals surface area contributed by atoms with E-state index in [1.54, 1.807) is 16.7 Å². The van der Waals surface area contributed by atoms with Crippen molar-refractivity contribution in [3.8, 4) is 0 Å². The molecule has 0 spiro atoms. The number of likely N-dealkylation sites (N-methyl/N-ethyl adjacent to an activating group) is 1. The van der Waals surface area contributed by atoms with Crippen LogP contribution >= 0.6 is 35.7 Å². The molecule has 1 fully saturated rings. The van der Waals surface area contributed by atoms with Crippen molar-refractivity contribution in [3.05, 3.63) is 45.8 Å². The predicted molar refractivity (Wildman–Crippen MR) is 115 cm³/mol. The van der Waals surface area contributed by atoms with Gasteiger partial charge in [0.2, 0.25) is 0 Å². The van der Waals surface area contributed by atoms with Crippen molar-refractivity contribution in [3.63, 3.8) is 0 Å². The van der Waals surface area contributed by atoms with Gasteiger partial charge in [0, 0.05) is 24.9 Å². The first-order valence-electron chi connectivity index (χ1n) is 8.52. The number of carbonyl (C=O) groups is 2. The normalized spacial score (nSPS) is 19.7. The van der Waals surface area contributed by atoms with Crippen LogP contribution in [0.15, 0.2) is 50.7 Å². The number of amides is 1. The molecule has 2 aliphatic heterocycles. The summed E-state index contributed by atoms with van der Waals surface area (Å²) in [6.45, 7) is 2.46. The SMILES string of the molecule is CCN1C(=O)/C(=C\C(CCC(=O)OC)=C2/Sc3ccccc3N2C)SC1=S. The topological polar surface area (TPSA) is 49.9 Å². The van der Waals surface area contributed by atoms with Gasteiger partial charge >= 0.3 is 5.97 Å². The summed E-state index contributed by atoms with van der Waals surface area (Å²) in [6, 6.07) is 8.13. The number of methoxy groups -OCH3 is 1. The van der Waals surface area contributed by atoms with Crippen molar-refractivity contribution in [2.75, 3.05) is 25.6 Å². The smallest absolute Gasteiger partial charge is 0.305 e. The third-order valence-corrected chi connectivity index (χ3v) is 7.01. The Morgan fingerprint density at radius 1 is 1.26 bits per heavy atom. The molecule has 0 N–H and O–H groups in total. The first kappa shape index (κ1) is 20.0. The van der Waals surface area contributed by atoms with E-state index in [0.29, 0.717) is 22.2 Å². The van der Waals surface area contributed by atoms with E-state index in [2.05, 4.69) is 17.0 Å². The zero-order chi connectivity index (χ0) is 19.6. The Bertz CT molecular complexity index is 864. The number of rotatable bonds is 5. The average molecular weight is 421 g/mol. The van der Waals surface area contributed by atoms with Gasteiger partial charge in [0.15, 0.2) is 0 Å². The van der Waals surface area contributed by atoms with E-state index in [1.165, 1.54) is 18.9 Å². The number of esters is 1. The van der Waals surface area contributed by atoms with Crippen LogP contribution in [0.25, 0.3) is 0 Å². The van der Waals surface area contributed by atoms with Crippen LogP contribution in [0.2, 0.25) is 0 Å². The summed E-state index contributed by atoms with van der Waals surface area (Å²) < 4.78 is 5.36. The lowest BCUT2D eigenvalue weighted by molar-refractivity contribution is -0.140. The number of para-hydroxylation sites is 1. The minimum absolute atomic E-state index is 0.0770. The van der Waals surface area contributed by atoms with Crippen molar-refractivity contribution in [2.24, 2.45) is 0 Å². The summed E-state index contributed by atoms with van der Waals surface area (Å²) in [5.41, 5.74) is 2.04. The molecule has 3 rings (SSSR count). The van der Waals surface area contributed by atoms with Crippen molar-refractivity contribution < 1.29 is 14.3 Å². The average Bonchev–Trinajstić information content (AvgIpc) is 3.14. The Kier molecular flexibility index (Phi) is 6.29. The second-order valence-electron chi connectivity index (χ2n) is 5.96. The van der Waals surface area contributed by atoms with Gasteiger partial charge in [0.1, 0.15) is 4.32 Å². The fourth-order valence-electron chi connectivity index (χ4n) is 2.89. The van der Waals surface area contributed by atoms with Gasteiger partial charge in [0.05, 0.1) is 22.7 Å². The third kappa shape index (κ3) is 4.07. The van der Waals surface area contributed by atoms with Crippen molar-refractivity contribution in [1.82, 2.24) is 4.90 Å².